The summed E-state index contributed by atoms with van der Waals surface area (Å²) in [7, 11) is -2.49. The number of rotatable bonds is 4. The molecule has 0 spiro atoms. The van der Waals surface area contributed by atoms with Crippen LogP contribution in [0.4, 0.5) is 5.69 Å². The van der Waals surface area contributed by atoms with E-state index in [0.717, 1.165) is 0 Å². The van der Waals surface area contributed by atoms with E-state index in [2.05, 4.69) is 20.7 Å². The Morgan fingerprint density at radius 1 is 1.24 bits per heavy atom. The van der Waals surface area contributed by atoms with Gasteiger partial charge in [0.05, 0.1) is 17.8 Å². The molecule has 0 atom stereocenters. The fraction of sp³-hybridized carbons (Fsp3) is 0.0769. The maximum atomic E-state index is 12.3. The Balaban J connectivity index is 2.42. The number of phenolic OH excluding ortho intramolecular Hbond substituents is 1. The van der Waals surface area contributed by atoms with Crippen molar-refractivity contribution >= 4 is 43.2 Å². The minimum absolute atomic E-state index is 0.00772. The van der Waals surface area contributed by atoms with Crippen molar-refractivity contribution in [2.24, 2.45) is 0 Å². The fourth-order valence-electron chi connectivity index (χ4n) is 1.62. The third-order valence-electron chi connectivity index (χ3n) is 2.63. The van der Waals surface area contributed by atoms with Gasteiger partial charge in [0.1, 0.15) is 16.4 Å². The lowest BCUT2D eigenvalue weighted by atomic mass is 10.3. The van der Waals surface area contributed by atoms with Crippen molar-refractivity contribution in [2.75, 3.05) is 11.8 Å². The molecule has 0 heterocycles. The summed E-state index contributed by atoms with van der Waals surface area (Å²) in [5.74, 6) is 0.194. The molecule has 0 fully saturated rings. The average molecular weight is 393 g/mol. The molecule has 0 unspecified atom stereocenters. The third-order valence-corrected chi connectivity index (χ3v) is 4.97. The zero-order chi connectivity index (χ0) is 15.6. The Kier molecular flexibility index (Phi) is 4.65. The molecule has 0 amide bonds. The van der Waals surface area contributed by atoms with Crippen molar-refractivity contribution in [1.29, 1.82) is 0 Å². The SMILES string of the molecule is COc1ccc(O)c(NS(=O)(=O)c2ccc(Br)cc2Cl)c1. The summed E-state index contributed by atoms with van der Waals surface area (Å²) in [4.78, 5) is -0.0883. The van der Waals surface area contributed by atoms with E-state index >= 15 is 0 Å². The molecule has 5 nitrogen and oxygen atoms in total. The fourth-order valence-corrected chi connectivity index (χ4v) is 3.72. The molecule has 0 aliphatic heterocycles. The molecule has 0 aliphatic carbocycles. The Morgan fingerprint density at radius 2 is 1.95 bits per heavy atom. The molecule has 2 aromatic carbocycles. The Hall–Kier alpha value is -1.44. The van der Waals surface area contributed by atoms with Gasteiger partial charge in [0.2, 0.25) is 0 Å². The average Bonchev–Trinajstić information content (AvgIpc) is 2.40. The molecule has 0 bridgehead atoms. The first-order chi connectivity index (χ1) is 9.83. The van der Waals surface area contributed by atoms with Gasteiger partial charge in [-0.1, -0.05) is 27.5 Å². The van der Waals surface area contributed by atoms with Crippen LogP contribution in [0.3, 0.4) is 0 Å². The maximum absolute atomic E-state index is 12.3. The summed E-state index contributed by atoms with van der Waals surface area (Å²) in [5, 5.41) is 9.80. The van der Waals surface area contributed by atoms with E-state index < -0.39 is 10.0 Å². The van der Waals surface area contributed by atoms with Crippen LogP contribution in [-0.4, -0.2) is 20.6 Å². The Labute approximate surface area is 135 Å². The summed E-state index contributed by atoms with van der Waals surface area (Å²) < 4.78 is 32.6. The molecule has 2 N–H and O–H groups in total. The zero-order valence-electron chi connectivity index (χ0n) is 10.8. The highest BCUT2D eigenvalue weighted by Crippen LogP contribution is 2.32. The van der Waals surface area contributed by atoms with Gasteiger partial charge in [0, 0.05) is 10.5 Å². The second-order valence-corrected chi connectivity index (χ2v) is 7.04. The number of methoxy groups -OCH3 is 1. The van der Waals surface area contributed by atoms with Gasteiger partial charge in [-0.25, -0.2) is 8.42 Å². The minimum Gasteiger partial charge on any atom is -0.506 e. The number of nitrogens with one attached hydrogen (secondary N) is 1. The number of sulfonamides is 1. The molecule has 2 aromatic rings. The number of halogens is 2. The monoisotopic (exact) mass is 391 g/mol. The Bertz CT molecular complexity index is 780. The lowest BCUT2D eigenvalue weighted by Gasteiger charge is -2.12. The van der Waals surface area contributed by atoms with Crippen LogP contribution >= 0.6 is 27.5 Å². The summed E-state index contributed by atoms with van der Waals surface area (Å²) in [5.41, 5.74) is 0.00772. The number of aromatic hydroxyl groups is 1. The van der Waals surface area contributed by atoms with Crippen molar-refractivity contribution in [3.05, 3.63) is 45.9 Å². The van der Waals surface area contributed by atoms with Crippen LogP contribution in [0.2, 0.25) is 5.02 Å². The second-order valence-electron chi connectivity index (χ2n) is 4.06. The second kappa shape index (κ2) is 6.13. The highest BCUT2D eigenvalue weighted by Gasteiger charge is 2.20. The third kappa shape index (κ3) is 3.61. The summed E-state index contributed by atoms with van der Waals surface area (Å²) in [6.45, 7) is 0. The van der Waals surface area contributed by atoms with Crippen molar-refractivity contribution in [1.82, 2.24) is 0 Å². The van der Waals surface area contributed by atoms with Crippen LogP contribution in [0.1, 0.15) is 0 Å². The number of ether oxygens (including phenoxy) is 1. The van der Waals surface area contributed by atoms with Gasteiger partial charge in [-0.15, -0.1) is 0 Å². The topological polar surface area (TPSA) is 75.6 Å². The predicted octanol–water partition coefficient (Wildman–Crippen LogP) is 3.62. The molecule has 0 saturated carbocycles. The molecule has 0 radical (unpaired) electrons. The Morgan fingerprint density at radius 3 is 2.57 bits per heavy atom. The number of benzene rings is 2. The highest BCUT2D eigenvalue weighted by atomic mass is 79.9. The van der Waals surface area contributed by atoms with Crippen LogP contribution in [0.15, 0.2) is 45.8 Å². The molecular formula is C13H11BrClNO4S. The van der Waals surface area contributed by atoms with Crippen LogP contribution in [0.5, 0.6) is 11.5 Å². The van der Waals surface area contributed by atoms with E-state index in [0.29, 0.717) is 10.2 Å². The maximum Gasteiger partial charge on any atom is 0.263 e. The first-order valence-electron chi connectivity index (χ1n) is 5.68. The van der Waals surface area contributed by atoms with Gasteiger partial charge in [-0.3, -0.25) is 4.72 Å². The van der Waals surface area contributed by atoms with E-state index in [-0.39, 0.29) is 21.4 Å². The van der Waals surface area contributed by atoms with Gasteiger partial charge >= 0.3 is 0 Å². The molecule has 8 heteroatoms. The van der Waals surface area contributed by atoms with Gasteiger partial charge in [0.25, 0.3) is 10.0 Å². The van der Waals surface area contributed by atoms with E-state index in [1.807, 2.05) is 0 Å². The van der Waals surface area contributed by atoms with Crippen molar-refractivity contribution in [3.63, 3.8) is 0 Å². The molecule has 2 rings (SSSR count). The van der Waals surface area contributed by atoms with Gasteiger partial charge < -0.3 is 9.84 Å². The van der Waals surface area contributed by atoms with Crippen molar-refractivity contribution in [3.8, 4) is 11.5 Å². The van der Waals surface area contributed by atoms with Crippen LogP contribution in [-0.2, 0) is 10.0 Å². The largest absolute Gasteiger partial charge is 0.506 e. The molecule has 0 aromatic heterocycles. The smallest absolute Gasteiger partial charge is 0.263 e. The molecule has 0 saturated heterocycles. The van der Waals surface area contributed by atoms with E-state index in [1.54, 1.807) is 6.07 Å². The van der Waals surface area contributed by atoms with Crippen LogP contribution in [0, 0.1) is 0 Å². The van der Waals surface area contributed by atoms with E-state index in [1.165, 1.54) is 37.4 Å². The summed E-state index contributed by atoms with van der Waals surface area (Å²) in [6.07, 6.45) is 0. The summed E-state index contributed by atoms with van der Waals surface area (Å²) >= 11 is 9.15. The van der Waals surface area contributed by atoms with E-state index in [4.69, 9.17) is 16.3 Å². The van der Waals surface area contributed by atoms with Gasteiger partial charge in [-0.2, -0.15) is 0 Å². The molecule has 112 valence electrons. The number of hydrogen-bond donors (Lipinski definition) is 2. The standard InChI is InChI=1S/C13H11BrClNO4S/c1-20-9-3-4-12(17)11(7-9)16-21(18,19)13-5-2-8(14)6-10(13)15/h2-7,16-17H,1H3. The molecular weight excluding hydrogens is 382 g/mol. The molecule has 0 aliphatic rings. The predicted molar refractivity (Wildman–Crippen MR) is 84.6 cm³/mol. The number of anilines is 1. The first-order valence-corrected chi connectivity index (χ1v) is 8.34. The normalized spacial score (nSPS) is 11.2. The van der Waals surface area contributed by atoms with Crippen molar-refractivity contribution in [2.45, 2.75) is 4.90 Å². The first kappa shape index (κ1) is 15.9. The summed E-state index contributed by atoms with van der Waals surface area (Å²) in [6, 6.07) is 8.62. The lowest BCUT2D eigenvalue weighted by Crippen LogP contribution is -2.13. The van der Waals surface area contributed by atoms with Gasteiger partial charge in [0.15, 0.2) is 0 Å². The quantitative estimate of drug-likeness (QED) is 0.779. The lowest BCUT2D eigenvalue weighted by molar-refractivity contribution is 0.413. The zero-order valence-corrected chi connectivity index (χ0v) is 14.0. The van der Waals surface area contributed by atoms with Crippen LogP contribution < -0.4 is 9.46 Å². The number of phenols is 1. The van der Waals surface area contributed by atoms with Crippen molar-refractivity contribution < 1.29 is 18.3 Å². The van der Waals surface area contributed by atoms with E-state index in [9.17, 15) is 13.5 Å². The van der Waals surface area contributed by atoms with Gasteiger partial charge in [-0.05, 0) is 30.3 Å². The highest BCUT2D eigenvalue weighted by molar-refractivity contribution is 9.10. The number of hydrogen-bond acceptors (Lipinski definition) is 4. The minimum atomic E-state index is -3.93. The molecule has 21 heavy (non-hydrogen) atoms. The van der Waals surface area contributed by atoms with Crippen LogP contribution in [0.25, 0.3) is 0 Å².